The monoisotopic (exact) mass is 1540 g/mol. The van der Waals surface area contributed by atoms with E-state index >= 15 is 0 Å². The molecule has 7 nitrogen and oxygen atoms in total. The van der Waals surface area contributed by atoms with Gasteiger partial charge in [0.05, 0.1) is 44.1 Å². The maximum Gasteiger partial charge on any atom is 0.143 e. The number of fused-ring (bicyclic) bond motifs is 21. The van der Waals surface area contributed by atoms with Crippen molar-refractivity contribution in [2.24, 2.45) is 0 Å². The first-order valence-electron chi connectivity index (χ1n) is 41.4. The van der Waals surface area contributed by atoms with Gasteiger partial charge in [-0.05, 0) is 224 Å². The third kappa shape index (κ3) is 10.4. The molecule has 0 aliphatic carbocycles. The Morgan fingerprint density at radius 3 is 1.03 bits per heavy atom. The average Bonchev–Trinajstić information content (AvgIpc) is 1.57. The molecule has 0 atom stereocenters. The zero-order valence-corrected chi connectivity index (χ0v) is 65.3. The van der Waals surface area contributed by atoms with Crippen LogP contribution >= 0.6 is 0 Å². The van der Waals surface area contributed by atoms with Crippen molar-refractivity contribution >= 4 is 153 Å². The number of furan rings is 3. The van der Waals surface area contributed by atoms with E-state index < -0.39 is 0 Å². The molecular formula is C114H68N4O3. The molecule has 562 valence electrons. The molecule has 0 saturated carbocycles. The first kappa shape index (κ1) is 67.0. The molecule has 0 N–H and O–H groups in total. The molecule has 0 spiro atoms. The number of hydrogen-bond donors (Lipinski definition) is 0. The van der Waals surface area contributed by atoms with Crippen LogP contribution in [0.15, 0.2) is 426 Å². The highest BCUT2D eigenvalue weighted by Gasteiger charge is 2.24. The van der Waals surface area contributed by atoms with Gasteiger partial charge in [-0.3, -0.25) is 0 Å². The van der Waals surface area contributed by atoms with Crippen molar-refractivity contribution in [2.75, 3.05) is 0 Å². The van der Waals surface area contributed by atoms with E-state index in [4.69, 9.17) is 13.3 Å². The second kappa shape index (κ2) is 26.1. The molecule has 26 rings (SSSR count). The Morgan fingerprint density at radius 1 is 0.140 bits per heavy atom. The molecule has 7 heteroatoms. The van der Waals surface area contributed by atoms with Gasteiger partial charge in [0, 0.05) is 104 Å². The van der Waals surface area contributed by atoms with E-state index in [0.29, 0.717) is 0 Å². The molecule has 19 aromatic carbocycles. The Bertz CT molecular complexity index is 8870. The summed E-state index contributed by atoms with van der Waals surface area (Å²) in [5, 5.41) is 16.2. The van der Waals surface area contributed by atoms with Crippen molar-refractivity contribution in [3.63, 3.8) is 0 Å². The second-order valence-electron chi connectivity index (χ2n) is 32.2. The van der Waals surface area contributed by atoms with E-state index in [1.54, 1.807) is 0 Å². The molecule has 121 heavy (non-hydrogen) atoms. The van der Waals surface area contributed by atoms with Gasteiger partial charge in [0.2, 0.25) is 0 Å². The summed E-state index contributed by atoms with van der Waals surface area (Å²) in [6.45, 7) is 0. The maximum absolute atomic E-state index is 6.91. The molecular weight excluding hydrogens is 1470 g/mol. The third-order valence-corrected chi connectivity index (χ3v) is 25.5. The first-order chi connectivity index (χ1) is 59.9. The van der Waals surface area contributed by atoms with E-state index in [9.17, 15) is 0 Å². The molecule has 0 bridgehead atoms. The Labute approximate surface area is 693 Å². The van der Waals surface area contributed by atoms with Crippen LogP contribution in [0.3, 0.4) is 0 Å². The smallest absolute Gasteiger partial charge is 0.143 e. The summed E-state index contributed by atoms with van der Waals surface area (Å²) in [5.41, 5.74) is 34.5. The van der Waals surface area contributed by atoms with Gasteiger partial charge in [-0.1, -0.05) is 261 Å². The van der Waals surface area contributed by atoms with Crippen molar-refractivity contribution in [3.8, 4) is 101 Å². The van der Waals surface area contributed by atoms with Gasteiger partial charge in [0.1, 0.15) is 33.5 Å². The second-order valence-corrected chi connectivity index (χ2v) is 32.2. The van der Waals surface area contributed by atoms with Gasteiger partial charge in [0.25, 0.3) is 0 Å². The lowest BCUT2D eigenvalue weighted by Gasteiger charge is -2.13. The van der Waals surface area contributed by atoms with E-state index in [0.717, 1.165) is 194 Å². The summed E-state index contributed by atoms with van der Waals surface area (Å²) in [5.74, 6) is 0. The van der Waals surface area contributed by atoms with Gasteiger partial charge in [-0.2, -0.15) is 0 Å². The van der Waals surface area contributed by atoms with Crippen LogP contribution in [-0.4, -0.2) is 18.3 Å². The molecule has 26 aromatic rings. The summed E-state index contributed by atoms with van der Waals surface area (Å²) in [4.78, 5) is 0. The predicted molar refractivity (Wildman–Crippen MR) is 504 cm³/mol. The fourth-order valence-corrected chi connectivity index (χ4v) is 20.0. The molecule has 0 fully saturated rings. The van der Waals surface area contributed by atoms with Gasteiger partial charge in [-0.15, -0.1) is 0 Å². The van der Waals surface area contributed by atoms with Crippen LogP contribution in [0.2, 0.25) is 0 Å². The lowest BCUT2D eigenvalue weighted by Crippen LogP contribution is -1.95. The topological polar surface area (TPSA) is 59.1 Å². The van der Waals surface area contributed by atoms with E-state index in [1.165, 1.54) is 59.7 Å². The van der Waals surface area contributed by atoms with Crippen molar-refractivity contribution in [2.45, 2.75) is 0 Å². The van der Waals surface area contributed by atoms with Gasteiger partial charge in [-0.25, -0.2) is 0 Å². The van der Waals surface area contributed by atoms with Gasteiger partial charge in [0.15, 0.2) is 0 Å². The van der Waals surface area contributed by atoms with E-state index in [-0.39, 0.29) is 0 Å². The molecule has 0 unspecified atom stereocenters. The molecule has 0 radical (unpaired) electrons. The summed E-state index contributed by atoms with van der Waals surface area (Å²) in [6.07, 6.45) is 0. The largest absolute Gasteiger partial charge is 0.456 e. The van der Waals surface area contributed by atoms with Crippen molar-refractivity contribution < 1.29 is 13.3 Å². The van der Waals surface area contributed by atoms with Crippen LogP contribution < -0.4 is 0 Å². The number of aromatic nitrogens is 4. The number of benzene rings is 19. The Kier molecular flexibility index (Phi) is 14.5. The number of hydrogen-bond acceptors (Lipinski definition) is 3. The maximum atomic E-state index is 6.91. The van der Waals surface area contributed by atoms with E-state index in [2.05, 4.69) is 413 Å². The minimum Gasteiger partial charge on any atom is -0.456 e. The first-order valence-corrected chi connectivity index (χ1v) is 41.4. The molecule has 0 saturated heterocycles. The predicted octanol–water partition coefficient (Wildman–Crippen LogP) is 31.4. The molecule has 7 heterocycles. The highest BCUT2D eigenvalue weighted by molar-refractivity contribution is 6.19. The molecule has 0 aliphatic rings. The normalized spacial score (nSPS) is 12.1. The number of nitrogens with zero attached hydrogens (tertiary/aromatic N) is 4. The van der Waals surface area contributed by atoms with E-state index in [1.807, 2.05) is 18.2 Å². The third-order valence-electron chi connectivity index (χ3n) is 25.5. The Morgan fingerprint density at radius 2 is 0.455 bits per heavy atom. The van der Waals surface area contributed by atoms with Crippen LogP contribution in [0.1, 0.15) is 0 Å². The quantitative estimate of drug-likeness (QED) is 0.130. The summed E-state index contributed by atoms with van der Waals surface area (Å²) in [6, 6.07) is 151. The highest BCUT2D eigenvalue weighted by atomic mass is 16.3. The van der Waals surface area contributed by atoms with Crippen LogP contribution in [0.5, 0.6) is 0 Å². The van der Waals surface area contributed by atoms with Crippen LogP contribution in [0, 0.1) is 0 Å². The lowest BCUT2D eigenvalue weighted by molar-refractivity contribution is 0.668. The van der Waals surface area contributed by atoms with Crippen molar-refractivity contribution in [1.82, 2.24) is 18.3 Å². The molecule has 7 aromatic heterocycles. The molecule has 0 aliphatic heterocycles. The van der Waals surface area contributed by atoms with Crippen LogP contribution in [-0.2, 0) is 0 Å². The number of para-hydroxylation sites is 7. The summed E-state index contributed by atoms with van der Waals surface area (Å²) < 4.78 is 29.5. The van der Waals surface area contributed by atoms with Crippen molar-refractivity contribution in [3.05, 3.63) is 413 Å². The zero-order valence-electron chi connectivity index (χ0n) is 65.3. The fourth-order valence-electron chi connectivity index (χ4n) is 20.0. The van der Waals surface area contributed by atoms with Crippen molar-refractivity contribution in [1.29, 1.82) is 0 Å². The lowest BCUT2D eigenvalue weighted by atomic mass is 9.97. The SMILES string of the molecule is c1ccc(-n2c3ccccc3c3ccc(-c4ccc5c6ccc(-c7ccc8c(c7)oc7ccc(-c9cccc(-n%10c%11ccccc%11c%11c(-c%12ccc%13c%14ccccc%14n(-c%14cccc(-c%15ccc%16oc%17ccccc%17c%16c%15)c%14)c%13c%12)cccc%11%10)c9)cc78)cc6n(-c6cccc(-c7cccc(-c8cccc9c8oc8ccccc89)c7)c6)c5c4)cc32)cc1. The summed E-state index contributed by atoms with van der Waals surface area (Å²) in [7, 11) is 0. The molecule has 0 amide bonds. The zero-order chi connectivity index (χ0) is 79.1. The van der Waals surface area contributed by atoms with Crippen LogP contribution in [0.4, 0.5) is 0 Å². The Hall–Kier alpha value is -16.2. The highest BCUT2D eigenvalue weighted by Crippen LogP contribution is 2.47. The van der Waals surface area contributed by atoms with Crippen LogP contribution in [0.25, 0.3) is 254 Å². The standard InChI is InChI=1S/C114H68N4O3/c1-2-25-81(26-3-1)115-100-38-9-4-30-87(100)89-51-44-75(64-104(89)115)76-45-52-91-92-53-46-77(66-106(92)118(105(91)65-76)84-29-15-21-70(59-84)69-20-14-24-79(58-69)86-36-18-37-96-93-32-7-13-43-109(93)121-114(86)96)78-47-55-95-99-63-74(50-57-111(99)120-112(95)68-78)71-22-16-27-82(60-71)116-102-40-11-6-34-97(102)113-85(35-19-41-103(113)116)80-48-54-90-88-31-5-10-39-101(88)117(107(90)67-80)83-28-17-23-72(61-83)73-49-56-110-98(62-73)94-33-8-12-42-108(94)119-110/h1-68H. The number of rotatable bonds is 11. The Balaban J connectivity index is 0.560. The average molecular weight is 1540 g/mol. The summed E-state index contributed by atoms with van der Waals surface area (Å²) >= 11 is 0. The minimum atomic E-state index is 0.836. The fraction of sp³-hybridized carbons (Fsp3) is 0. The van der Waals surface area contributed by atoms with Gasteiger partial charge >= 0.3 is 0 Å². The minimum absolute atomic E-state index is 0.836. The van der Waals surface area contributed by atoms with Gasteiger partial charge < -0.3 is 31.5 Å².